The van der Waals surface area contributed by atoms with E-state index < -0.39 is 157 Å². The molecule has 0 saturated carbocycles. The zero-order valence-electron chi connectivity index (χ0n) is 82.0. The Balaban J connectivity index is 1.00. The van der Waals surface area contributed by atoms with Gasteiger partial charge in [-0.05, 0) is 124 Å². The molecule has 45 heteroatoms. The minimum absolute atomic E-state index is 0.00823. The second-order valence-corrected chi connectivity index (χ2v) is 101. The van der Waals surface area contributed by atoms with E-state index in [0.717, 1.165) is 0 Å². The normalized spacial score (nSPS) is 33.4. The molecule has 0 amide bonds. The van der Waals surface area contributed by atoms with Crippen molar-refractivity contribution in [2.24, 2.45) is 41.4 Å². The summed E-state index contributed by atoms with van der Waals surface area (Å²) in [5, 5.41) is 23.5. The second-order valence-electron chi connectivity index (χ2n) is 41.7. The maximum absolute atomic E-state index is 9.95. The summed E-state index contributed by atoms with van der Waals surface area (Å²) >= 11 is 0. The van der Waals surface area contributed by atoms with Crippen molar-refractivity contribution in [2.75, 3.05) is 39.6 Å². The molecular formula is C89H144O27Si18. The molecule has 9 aliphatic rings. The van der Waals surface area contributed by atoms with E-state index in [-0.39, 0.29) is 86.0 Å². The molecule has 0 aliphatic carbocycles. The maximum Gasteiger partial charge on any atom is 0.515 e. The van der Waals surface area contributed by atoms with E-state index in [1.807, 2.05) is 212 Å². The molecule has 4 atom stereocenters. The van der Waals surface area contributed by atoms with Crippen molar-refractivity contribution in [1.29, 1.82) is 0 Å². The van der Waals surface area contributed by atoms with Gasteiger partial charge in [-0.15, -0.1) is 0 Å². The van der Waals surface area contributed by atoms with E-state index in [2.05, 4.69) is 136 Å². The molecule has 9 saturated heterocycles. The average molecular weight is 2150 g/mol. The van der Waals surface area contributed by atoms with Gasteiger partial charge in [0.25, 0.3) is 0 Å². The van der Waals surface area contributed by atoms with Gasteiger partial charge in [0, 0.05) is 91.5 Å². The number of aliphatic hydroxyl groups is 2. The van der Waals surface area contributed by atoms with E-state index >= 15 is 0 Å². The Labute approximate surface area is 815 Å². The van der Waals surface area contributed by atoms with Gasteiger partial charge >= 0.3 is 132 Å². The van der Waals surface area contributed by atoms with E-state index in [9.17, 15) is 10.2 Å². The first-order chi connectivity index (χ1) is 63.5. The van der Waals surface area contributed by atoms with E-state index in [1.54, 1.807) is 0 Å². The summed E-state index contributed by atoms with van der Waals surface area (Å²) in [6.45, 7) is 45.7. The van der Waals surface area contributed by atoms with Gasteiger partial charge in [0.05, 0.1) is 26.4 Å². The van der Waals surface area contributed by atoms with Crippen LogP contribution in [0.5, 0.6) is 0 Å². The van der Waals surface area contributed by atoms with Crippen LogP contribution in [0, 0.1) is 41.4 Å². The number of hydrogen-bond acceptors (Lipinski definition) is 27. The molecule has 9 fully saturated rings. The van der Waals surface area contributed by atoms with Gasteiger partial charge < -0.3 is 114 Å². The first-order valence-corrected chi connectivity index (χ1v) is 85.8. The van der Waals surface area contributed by atoms with Crippen LogP contribution in [0.15, 0.2) is 212 Å². The van der Waals surface area contributed by atoms with Gasteiger partial charge in [0.1, 0.15) is 0 Å². The standard InChI is InChI=1S/C89H144O27Si18/c1-76(2)68-120-75-121(69-77(3)4)99-126(73-81(11)12,101-123(97-120,70-78(5)6)94-117(15,16)64-42-60-92-62-58-90)103-125(72-80(9)10,104-127(100-121,74-82(13)14)102-124(98-120,71-79(7)8)95-118(17,18)65-43-61-93-63-59-91)96-119(19,20)66-67-122-105-128(83-44-28-21-29-45-83)108-131(86-50-34-24-35-51-86)110-129(106-122,84-46-30-22-31-47-84)112-133(88-54-38-26-39-55-88)113-130(107-122,85-48-32-23-33-49-85)111-132(109-128,87-52-36-25-37-53-87)115-134(114-131,116-133)89-56-40-27-41-57-89/h21-41,44-57,76-82,90-91H,42-43,58-75H2,1-20H3. The lowest BCUT2D eigenvalue weighted by Gasteiger charge is -2.63. The molecule has 4 unspecified atom stereocenters. The summed E-state index contributed by atoms with van der Waals surface area (Å²) < 4.78 is 212. The largest absolute Gasteiger partial charge is 0.515 e. The highest BCUT2D eigenvalue weighted by atomic mass is 28.6. The zero-order valence-corrected chi connectivity index (χ0v) is 100.0. The van der Waals surface area contributed by atoms with Crippen LogP contribution in [0.3, 0.4) is 0 Å². The SMILES string of the molecule is CC(C)C[Si]12C[Si]3(CC(C)C)O[Si](CC(C)C)(O[Si](CC(C)C)(O[Si](C)(C)CCCOCCO)O1)O[Si](CC(C)C)(O[Si](C)(C)CC[Si]14O[Si]5(c6ccccc6)O[Si]6(c7ccccc7)O[Si](c7ccccc7)(O1)O[Si]1(c7ccccc7)O[Si](c7ccccc7)(O4)O[Si](c4ccccc4)(O5)O[Si](c4ccccc4)(O6)O1)O[Si](CC(C)C)(O3)O[Si](CC(C)C)(O[Si](C)(C)CCCOCCO)O2. The highest BCUT2D eigenvalue weighted by molar-refractivity contribution is 7.14. The first kappa shape index (κ1) is 106. The van der Waals surface area contributed by atoms with Gasteiger partial charge in [-0.25, -0.2) is 0 Å². The number of ether oxygens (including phenoxy) is 2. The summed E-state index contributed by atoms with van der Waals surface area (Å²) in [7, 11) is -81.5. The summed E-state index contributed by atoms with van der Waals surface area (Å²) in [5.74, 6) is -0.484. The Morgan fingerprint density at radius 1 is 0.246 bits per heavy atom. The topological polar surface area (TPSA) is 271 Å². The molecule has 9 aliphatic heterocycles. The minimum Gasteiger partial charge on any atom is -0.417 e. The van der Waals surface area contributed by atoms with Gasteiger partial charge in [-0.2, -0.15) is 0 Å². The minimum atomic E-state index is -5.20. The smallest absolute Gasteiger partial charge is 0.417 e. The molecule has 9 heterocycles. The van der Waals surface area contributed by atoms with Gasteiger partial charge in [-0.3, -0.25) is 0 Å². The zero-order chi connectivity index (χ0) is 95.7. The summed E-state index contributed by atoms with van der Waals surface area (Å²) in [6, 6.07) is 72.1. The maximum atomic E-state index is 9.95. The van der Waals surface area contributed by atoms with Crippen molar-refractivity contribution in [1.82, 2.24) is 0 Å². The van der Waals surface area contributed by atoms with E-state index in [4.69, 9.17) is 104 Å². The monoisotopic (exact) mass is 2150 g/mol. The lowest BCUT2D eigenvalue weighted by atomic mass is 10.3. The number of fused-ring (bicyclic) bond motifs is 3. The van der Waals surface area contributed by atoms with Gasteiger partial charge in [0.15, 0.2) is 25.0 Å². The fourth-order valence-corrected chi connectivity index (χ4v) is 130. The van der Waals surface area contributed by atoms with Crippen LogP contribution in [0.25, 0.3) is 0 Å². The fraction of sp³-hybridized carbons (Fsp3) is 0.528. The lowest BCUT2D eigenvalue weighted by molar-refractivity contribution is -0.00708. The van der Waals surface area contributed by atoms with Crippen LogP contribution in [0.1, 0.15) is 110 Å². The van der Waals surface area contributed by atoms with E-state index in [1.165, 1.54) is 0 Å². The van der Waals surface area contributed by atoms with Crippen LogP contribution in [0.2, 0.25) is 111 Å². The molecule has 2 N–H and O–H groups in total. The molecule has 16 rings (SSSR count). The Morgan fingerprint density at radius 3 is 0.694 bits per heavy atom. The fourth-order valence-electron chi connectivity index (χ4n) is 19.7. The first-order valence-electron chi connectivity index (χ1n) is 48.3. The molecule has 734 valence electrons. The number of hydrogen-bond donors (Lipinski definition) is 2. The Hall–Kier alpha value is -2.64. The van der Waals surface area contributed by atoms with Gasteiger partial charge in [0.2, 0.25) is 0 Å². The average Bonchev–Trinajstić information content (AvgIpc) is 0.666. The van der Waals surface area contributed by atoms with Crippen molar-refractivity contribution in [3.8, 4) is 0 Å². The third kappa shape index (κ3) is 24.1. The summed E-state index contributed by atoms with van der Waals surface area (Å²) in [5.41, 5.74) is 0.338. The highest BCUT2D eigenvalue weighted by Crippen LogP contribution is 2.57. The van der Waals surface area contributed by atoms with Crippen LogP contribution >= 0.6 is 0 Å². The molecular weight excluding hydrogens is 2010 g/mol. The van der Waals surface area contributed by atoms with Crippen molar-refractivity contribution < 1.29 is 114 Å². The Morgan fingerprint density at radius 2 is 0.463 bits per heavy atom. The number of rotatable bonds is 42. The third-order valence-electron chi connectivity index (χ3n) is 24.0. The molecule has 7 aromatic carbocycles. The van der Waals surface area contributed by atoms with Crippen molar-refractivity contribution in [2.45, 2.75) is 221 Å². The molecule has 12 bridgehead atoms. The molecule has 0 aromatic heterocycles. The molecule has 134 heavy (non-hydrogen) atoms. The Bertz CT molecular complexity index is 4590. The molecule has 0 spiro atoms. The van der Waals surface area contributed by atoms with Gasteiger partial charge in [-0.1, -0.05) is 309 Å². The summed E-state index contributed by atoms with van der Waals surface area (Å²) in [6.07, 6.45) is 1.34. The predicted octanol–water partition coefficient (Wildman–Crippen LogP) is 14.5. The Kier molecular flexibility index (Phi) is 33.3. The predicted molar refractivity (Wildman–Crippen MR) is 553 cm³/mol. The van der Waals surface area contributed by atoms with E-state index in [0.29, 0.717) is 116 Å². The van der Waals surface area contributed by atoms with Crippen molar-refractivity contribution >= 4 is 193 Å². The van der Waals surface area contributed by atoms with Crippen molar-refractivity contribution in [3.63, 3.8) is 0 Å². The lowest BCUT2D eigenvalue weighted by Crippen LogP contribution is -2.95. The highest BCUT2D eigenvalue weighted by Gasteiger charge is 2.87. The van der Waals surface area contributed by atoms with Crippen LogP contribution in [-0.2, 0) is 104 Å². The van der Waals surface area contributed by atoms with Crippen LogP contribution < -0.4 is 36.3 Å². The molecule has 0 radical (unpaired) electrons. The van der Waals surface area contributed by atoms with Crippen LogP contribution in [-0.4, -0.2) is 206 Å². The summed E-state index contributed by atoms with van der Waals surface area (Å²) in [4.78, 5) is 0. The number of benzene rings is 7. The second kappa shape index (κ2) is 42.2. The molecule has 27 nitrogen and oxygen atoms in total. The quantitative estimate of drug-likeness (QED) is 0.0266. The number of aliphatic hydroxyl groups excluding tert-OH is 2. The molecule has 7 aromatic rings. The van der Waals surface area contributed by atoms with Crippen molar-refractivity contribution in [3.05, 3.63) is 212 Å². The van der Waals surface area contributed by atoms with Crippen LogP contribution in [0.4, 0.5) is 0 Å². The third-order valence-corrected chi connectivity index (χ3v) is 109.